The molecule has 20 heavy (non-hydrogen) atoms. The molecule has 4 heteroatoms. The molecular weight excluding hydrogens is 266 g/mol. The lowest BCUT2D eigenvalue weighted by Gasteiger charge is -2.07. The Morgan fingerprint density at radius 1 is 1.25 bits per heavy atom. The van der Waals surface area contributed by atoms with E-state index < -0.39 is 0 Å². The van der Waals surface area contributed by atoms with Crippen LogP contribution in [0.5, 0.6) is 0 Å². The molecule has 3 aliphatic carbocycles. The van der Waals surface area contributed by atoms with Crippen molar-refractivity contribution >= 4 is 16.7 Å². The van der Waals surface area contributed by atoms with E-state index in [0.717, 1.165) is 35.3 Å². The van der Waals surface area contributed by atoms with Gasteiger partial charge in [-0.25, -0.2) is 4.98 Å². The number of nitrogens with zero attached hydrogens (tertiary/aromatic N) is 2. The number of hydrogen-bond donors (Lipinski definition) is 1. The van der Waals surface area contributed by atoms with E-state index in [0.29, 0.717) is 5.92 Å². The standard InChI is InChI=1S/C16H17N3S/c1-2-4-11-10(3-1)7-12-13(14(11)12)8-17-16-18-15(19-20-16)9-5-6-9/h1-4,9,12-14H,5-8H2,(H,17,18,19). The van der Waals surface area contributed by atoms with Crippen LogP contribution in [0.25, 0.3) is 0 Å². The maximum Gasteiger partial charge on any atom is 0.202 e. The Morgan fingerprint density at radius 2 is 2.15 bits per heavy atom. The molecule has 1 heterocycles. The maximum atomic E-state index is 4.61. The first-order valence-electron chi connectivity index (χ1n) is 7.55. The summed E-state index contributed by atoms with van der Waals surface area (Å²) in [5.41, 5.74) is 3.17. The highest BCUT2D eigenvalue weighted by Crippen LogP contribution is 2.61. The zero-order chi connectivity index (χ0) is 13.1. The van der Waals surface area contributed by atoms with Crippen molar-refractivity contribution in [2.24, 2.45) is 11.8 Å². The van der Waals surface area contributed by atoms with Crippen LogP contribution in [0.4, 0.5) is 5.13 Å². The van der Waals surface area contributed by atoms with Crippen molar-refractivity contribution in [3.8, 4) is 0 Å². The number of fused-ring (bicyclic) bond motifs is 3. The summed E-state index contributed by atoms with van der Waals surface area (Å²) in [5.74, 6) is 4.20. The van der Waals surface area contributed by atoms with Crippen LogP contribution in [0.1, 0.15) is 41.6 Å². The quantitative estimate of drug-likeness (QED) is 0.934. The van der Waals surface area contributed by atoms with Gasteiger partial charge in [0.1, 0.15) is 5.82 Å². The summed E-state index contributed by atoms with van der Waals surface area (Å²) in [6.07, 6.45) is 3.83. The molecule has 1 aromatic carbocycles. The normalized spacial score (nSPS) is 29.9. The third-order valence-electron chi connectivity index (χ3n) is 5.07. The molecular formula is C16H17N3S. The largest absolute Gasteiger partial charge is 0.360 e. The molecule has 3 unspecified atom stereocenters. The third kappa shape index (κ3) is 1.71. The predicted molar refractivity (Wildman–Crippen MR) is 80.2 cm³/mol. The molecule has 0 amide bonds. The Kier molecular flexibility index (Phi) is 2.28. The molecule has 5 rings (SSSR count). The van der Waals surface area contributed by atoms with Gasteiger partial charge >= 0.3 is 0 Å². The summed E-state index contributed by atoms with van der Waals surface area (Å²) in [7, 11) is 0. The van der Waals surface area contributed by atoms with Gasteiger partial charge in [0.25, 0.3) is 0 Å². The maximum absolute atomic E-state index is 4.61. The Labute approximate surface area is 122 Å². The molecule has 3 aliphatic rings. The fourth-order valence-electron chi connectivity index (χ4n) is 3.78. The molecule has 102 valence electrons. The Balaban J connectivity index is 1.24. The van der Waals surface area contributed by atoms with Crippen molar-refractivity contribution in [3.63, 3.8) is 0 Å². The summed E-state index contributed by atoms with van der Waals surface area (Å²) in [4.78, 5) is 4.61. The molecule has 0 spiro atoms. The van der Waals surface area contributed by atoms with Crippen LogP contribution in [0.15, 0.2) is 24.3 Å². The van der Waals surface area contributed by atoms with E-state index in [-0.39, 0.29) is 0 Å². The summed E-state index contributed by atoms with van der Waals surface area (Å²) in [5, 5.41) is 4.53. The van der Waals surface area contributed by atoms with Crippen LogP contribution in [0.2, 0.25) is 0 Å². The van der Waals surface area contributed by atoms with E-state index in [9.17, 15) is 0 Å². The first kappa shape index (κ1) is 11.3. The number of benzene rings is 1. The SMILES string of the molecule is c1ccc2c(c1)CC1C(CNc3nc(C4CC4)ns3)C21. The van der Waals surface area contributed by atoms with Crippen molar-refractivity contribution in [2.75, 3.05) is 11.9 Å². The Bertz CT molecular complexity index is 661. The van der Waals surface area contributed by atoms with Gasteiger partial charge in [0.2, 0.25) is 5.13 Å². The lowest BCUT2D eigenvalue weighted by molar-refractivity contribution is 0.719. The van der Waals surface area contributed by atoms with Crippen LogP contribution in [0, 0.1) is 11.8 Å². The van der Waals surface area contributed by atoms with E-state index in [2.05, 4.69) is 38.9 Å². The molecule has 2 fully saturated rings. The van der Waals surface area contributed by atoms with Gasteiger partial charge < -0.3 is 5.32 Å². The van der Waals surface area contributed by atoms with E-state index in [1.165, 1.54) is 30.8 Å². The molecule has 2 aromatic rings. The highest BCUT2D eigenvalue weighted by Gasteiger charge is 2.54. The molecule has 3 atom stereocenters. The fraction of sp³-hybridized carbons (Fsp3) is 0.500. The second-order valence-electron chi connectivity index (χ2n) is 6.37. The monoisotopic (exact) mass is 283 g/mol. The van der Waals surface area contributed by atoms with Gasteiger partial charge in [-0.1, -0.05) is 24.3 Å². The van der Waals surface area contributed by atoms with E-state index >= 15 is 0 Å². The number of aromatic nitrogens is 2. The molecule has 0 bridgehead atoms. The van der Waals surface area contributed by atoms with E-state index in [1.54, 1.807) is 11.1 Å². The van der Waals surface area contributed by atoms with Crippen LogP contribution >= 0.6 is 11.5 Å². The smallest absolute Gasteiger partial charge is 0.202 e. The zero-order valence-corrected chi connectivity index (χ0v) is 12.1. The molecule has 1 N–H and O–H groups in total. The van der Waals surface area contributed by atoms with E-state index in [1.807, 2.05) is 0 Å². The summed E-state index contributed by atoms with van der Waals surface area (Å²) < 4.78 is 4.45. The molecule has 3 nitrogen and oxygen atoms in total. The lowest BCUT2D eigenvalue weighted by Crippen LogP contribution is -2.07. The van der Waals surface area contributed by atoms with Gasteiger partial charge in [0.05, 0.1) is 0 Å². The first-order valence-corrected chi connectivity index (χ1v) is 8.33. The van der Waals surface area contributed by atoms with Crippen LogP contribution in [0.3, 0.4) is 0 Å². The van der Waals surface area contributed by atoms with Gasteiger partial charge in [-0.05, 0) is 48.1 Å². The molecule has 0 aliphatic heterocycles. The number of nitrogens with one attached hydrogen (secondary N) is 1. The van der Waals surface area contributed by atoms with Crippen LogP contribution < -0.4 is 5.32 Å². The van der Waals surface area contributed by atoms with Crippen LogP contribution in [-0.2, 0) is 6.42 Å². The van der Waals surface area contributed by atoms with Crippen LogP contribution in [-0.4, -0.2) is 15.9 Å². The minimum absolute atomic E-state index is 0.661. The minimum Gasteiger partial charge on any atom is -0.360 e. The van der Waals surface area contributed by atoms with Gasteiger partial charge in [-0.3, -0.25) is 0 Å². The average Bonchev–Trinajstić information content (AvgIpc) is 3.35. The van der Waals surface area contributed by atoms with Gasteiger partial charge in [0, 0.05) is 24.0 Å². The Hall–Kier alpha value is -1.42. The first-order chi connectivity index (χ1) is 9.90. The fourth-order valence-corrected chi connectivity index (χ4v) is 4.43. The molecule has 2 saturated carbocycles. The molecule has 1 aromatic heterocycles. The van der Waals surface area contributed by atoms with Crippen molar-refractivity contribution < 1.29 is 0 Å². The molecule has 0 saturated heterocycles. The number of anilines is 1. The van der Waals surface area contributed by atoms with Gasteiger partial charge in [0.15, 0.2) is 0 Å². The summed E-state index contributed by atoms with van der Waals surface area (Å²) in [6.45, 7) is 1.06. The number of rotatable bonds is 4. The second-order valence-corrected chi connectivity index (χ2v) is 7.12. The van der Waals surface area contributed by atoms with E-state index in [4.69, 9.17) is 0 Å². The summed E-state index contributed by atoms with van der Waals surface area (Å²) in [6, 6.07) is 8.95. The summed E-state index contributed by atoms with van der Waals surface area (Å²) >= 11 is 1.53. The number of hydrogen-bond acceptors (Lipinski definition) is 4. The van der Waals surface area contributed by atoms with Crippen molar-refractivity contribution in [1.82, 2.24) is 9.36 Å². The average molecular weight is 283 g/mol. The topological polar surface area (TPSA) is 37.8 Å². The highest BCUT2D eigenvalue weighted by molar-refractivity contribution is 7.09. The van der Waals surface area contributed by atoms with Gasteiger partial charge in [-0.2, -0.15) is 4.37 Å². The zero-order valence-electron chi connectivity index (χ0n) is 11.2. The highest BCUT2D eigenvalue weighted by atomic mass is 32.1. The second kappa shape index (κ2) is 4.04. The molecule has 0 radical (unpaired) electrons. The minimum atomic E-state index is 0.661. The van der Waals surface area contributed by atoms with Crippen molar-refractivity contribution in [1.29, 1.82) is 0 Å². The van der Waals surface area contributed by atoms with Crippen molar-refractivity contribution in [3.05, 3.63) is 41.2 Å². The Morgan fingerprint density at radius 3 is 3.05 bits per heavy atom. The lowest BCUT2D eigenvalue weighted by atomic mass is 10.0. The van der Waals surface area contributed by atoms with Crippen molar-refractivity contribution in [2.45, 2.75) is 31.1 Å². The third-order valence-corrected chi connectivity index (χ3v) is 5.76. The van der Waals surface area contributed by atoms with Gasteiger partial charge in [-0.15, -0.1) is 0 Å². The predicted octanol–water partition coefficient (Wildman–Crippen LogP) is 3.41.